The summed E-state index contributed by atoms with van der Waals surface area (Å²) in [4.78, 5) is 31.2. The van der Waals surface area contributed by atoms with Gasteiger partial charge in [0.2, 0.25) is 5.91 Å². The van der Waals surface area contributed by atoms with Crippen LogP contribution in [0.2, 0.25) is 10.0 Å². The minimum atomic E-state index is -0.294. The second kappa shape index (κ2) is 9.78. The van der Waals surface area contributed by atoms with Crippen LogP contribution in [0.5, 0.6) is 0 Å². The van der Waals surface area contributed by atoms with Crippen LogP contribution in [0, 0.1) is 0 Å². The van der Waals surface area contributed by atoms with E-state index in [2.05, 4.69) is 15.3 Å². The molecule has 1 heterocycles. The van der Waals surface area contributed by atoms with Crippen molar-refractivity contribution in [2.45, 2.75) is 23.9 Å². The molecule has 28 heavy (non-hydrogen) atoms. The normalized spacial score (nSPS) is 10.6. The molecule has 0 aliphatic rings. The summed E-state index contributed by atoms with van der Waals surface area (Å²) in [7, 11) is 0. The number of nitrogens with one attached hydrogen (secondary N) is 2. The molecule has 0 bridgehead atoms. The minimum absolute atomic E-state index is 0.0130. The van der Waals surface area contributed by atoms with Crippen molar-refractivity contribution >= 4 is 40.9 Å². The van der Waals surface area contributed by atoms with Crippen LogP contribution in [0.25, 0.3) is 0 Å². The number of carbonyl (C=O) groups is 1. The number of aromatic nitrogens is 2. The van der Waals surface area contributed by atoms with Crippen molar-refractivity contribution in [3.8, 4) is 0 Å². The van der Waals surface area contributed by atoms with Crippen LogP contribution in [0.4, 0.5) is 0 Å². The van der Waals surface area contributed by atoms with Gasteiger partial charge in [0.1, 0.15) is 0 Å². The largest absolute Gasteiger partial charge is 0.352 e. The molecule has 0 radical (unpaired) electrons. The molecular formula is C20H17Cl2N3O2S. The molecule has 0 saturated heterocycles. The van der Waals surface area contributed by atoms with Gasteiger partial charge in [-0.15, -0.1) is 0 Å². The average Bonchev–Trinajstić information content (AvgIpc) is 2.65. The monoisotopic (exact) mass is 433 g/mol. The summed E-state index contributed by atoms with van der Waals surface area (Å²) in [6.07, 6.45) is 0.0130. The van der Waals surface area contributed by atoms with Crippen molar-refractivity contribution in [2.75, 3.05) is 0 Å². The predicted molar refractivity (Wildman–Crippen MR) is 113 cm³/mol. The number of nitrogens with zero attached hydrogens (tertiary/aromatic N) is 1. The first-order valence-corrected chi connectivity index (χ1v) is 10.2. The van der Waals surface area contributed by atoms with Crippen molar-refractivity contribution in [1.29, 1.82) is 0 Å². The predicted octanol–water partition coefficient (Wildman–Crippen LogP) is 4.23. The summed E-state index contributed by atoms with van der Waals surface area (Å²) in [6, 6.07) is 16.1. The summed E-state index contributed by atoms with van der Waals surface area (Å²) in [5, 5.41) is 4.50. The summed E-state index contributed by atoms with van der Waals surface area (Å²) >= 11 is 13.4. The third-order valence-electron chi connectivity index (χ3n) is 3.81. The fourth-order valence-corrected chi connectivity index (χ4v) is 3.74. The lowest BCUT2D eigenvalue weighted by Gasteiger charge is -2.07. The summed E-state index contributed by atoms with van der Waals surface area (Å²) in [6.45, 7) is 0.318. The summed E-state index contributed by atoms with van der Waals surface area (Å²) in [5.74, 6) is 0.370. The number of rotatable bonds is 7. The molecule has 0 saturated carbocycles. The Hall–Kier alpha value is -2.28. The maximum atomic E-state index is 12.2. The number of benzene rings is 2. The summed E-state index contributed by atoms with van der Waals surface area (Å²) in [5.41, 5.74) is 1.96. The zero-order valence-electron chi connectivity index (χ0n) is 14.7. The van der Waals surface area contributed by atoms with E-state index < -0.39 is 0 Å². The number of hydrogen-bond donors (Lipinski definition) is 2. The van der Waals surface area contributed by atoms with Gasteiger partial charge < -0.3 is 10.3 Å². The lowest BCUT2D eigenvalue weighted by Crippen LogP contribution is -2.26. The Morgan fingerprint density at radius 3 is 2.71 bits per heavy atom. The van der Waals surface area contributed by atoms with E-state index in [1.807, 2.05) is 36.4 Å². The first-order chi connectivity index (χ1) is 13.5. The average molecular weight is 434 g/mol. The lowest BCUT2D eigenvalue weighted by molar-refractivity contribution is -0.120. The number of hydrogen-bond acceptors (Lipinski definition) is 4. The van der Waals surface area contributed by atoms with Crippen molar-refractivity contribution in [1.82, 2.24) is 15.3 Å². The van der Waals surface area contributed by atoms with Crippen molar-refractivity contribution in [3.05, 3.63) is 91.8 Å². The third-order valence-corrected chi connectivity index (χ3v) is 5.36. The molecule has 0 spiro atoms. The number of carbonyl (C=O) groups excluding carboxylic acids is 1. The molecule has 3 rings (SSSR count). The molecule has 0 fully saturated rings. The molecular weight excluding hydrogens is 417 g/mol. The molecule has 8 heteroatoms. The van der Waals surface area contributed by atoms with E-state index in [-0.39, 0.29) is 17.9 Å². The van der Waals surface area contributed by atoms with Crippen molar-refractivity contribution < 1.29 is 4.79 Å². The van der Waals surface area contributed by atoms with E-state index in [4.69, 9.17) is 23.2 Å². The van der Waals surface area contributed by atoms with Gasteiger partial charge in [0.05, 0.1) is 12.1 Å². The molecule has 0 aliphatic heterocycles. The van der Waals surface area contributed by atoms with Crippen LogP contribution in [-0.4, -0.2) is 15.9 Å². The third kappa shape index (κ3) is 6.12. The van der Waals surface area contributed by atoms with E-state index in [1.54, 1.807) is 12.1 Å². The maximum Gasteiger partial charge on any atom is 0.251 e. The fraction of sp³-hybridized carbons (Fsp3) is 0.150. The van der Waals surface area contributed by atoms with Gasteiger partial charge in [-0.05, 0) is 29.3 Å². The van der Waals surface area contributed by atoms with Crippen LogP contribution in [-0.2, 0) is 23.5 Å². The standard InChI is InChI=1S/C20H17Cl2N3O2S/c21-15-6-3-4-13(8-15)12-28-20-24-16(10-19(27)25-20)9-18(26)23-11-14-5-1-2-7-17(14)22/h1-8,10H,9,11-12H2,(H,23,26)(H,24,25,27). The smallest absolute Gasteiger partial charge is 0.251 e. The van der Waals surface area contributed by atoms with E-state index in [9.17, 15) is 9.59 Å². The Morgan fingerprint density at radius 2 is 1.93 bits per heavy atom. The second-order valence-corrected chi connectivity index (χ2v) is 7.81. The molecule has 0 aliphatic carbocycles. The van der Waals surface area contributed by atoms with E-state index >= 15 is 0 Å². The highest BCUT2D eigenvalue weighted by Crippen LogP contribution is 2.20. The number of halogens is 2. The SMILES string of the molecule is O=C(Cc1cc(=O)[nH]c(SCc2cccc(Cl)c2)n1)NCc1ccccc1Cl. The van der Waals surface area contributed by atoms with Gasteiger partial charge in [0, 0.05) is 28.4 Å². The highest BCUT2D eigenvalue weighted by Gasteiger charge is 2.09. The first kappa shape index (κ1) is 20.5. The van der Waals surface area contributed by atoms with E-state index in [1.165, 1.54) is 17.8 Å². The lowest BCUT2D eigenvalue weighted by atomic mass is 10.2. The molecule has 3 aromatic rings. The van der Waals surface area contributed by atoms with Crippen LogP contribution in [0.15, 0.2) is 64.5 Å². The summed E-state index contributed by atoms with van der Waals surface area (Å²) < 4.78 is 0. The van der Waals surface area contributed by atoms with Crippen molar-refractivity contribution in [3.63, 3.8) is 0 Å². The zero-order chi connectivity index (χ0) is 19.9. The Morgan fingerprint density at radius 1 is 1.11 bits per heavy atom. The number of aromatic amines is 1. The van der Waals surface area contributed by atoms with Gasteiger partial charge >= 0.3 is 0 Å². The quantitative estimate of drug-likeness (QED) is 0.431. The zero-order valence-corrected chi connectivity index (χ0v) is 17.1. The second-order valence-electron chi connectivity index (χ2n) is 6.01. The Balaban J connectivity index is 1.60. The molecule has 1 aromatic heterocycles. The topological polar surface area (TPSA) is 74.8 Å². The Kier molecular flexibility index (Phi) is 7.14. The Labute approximate surface area is 176 Å². The van der Waals surface area contributed by atoms with E-state index in [0.717, 1.165) is 11.1 Å². The van der Waals surface area contributed by atoms with Gasteiger partial charge in [-0.2, -0.15) is 0 Å². The van der Waals surface area contributed by atoms with E-state index in [0.29, 0.717) is 33.2 Å². The number of thioether (sulfide) groups is 1. The van der Waals surface area contributed by atoms with Crippen molar-refractivity contribution in [2.24, 2.45) is 0 Å². The molecule has 1 amide bonds. The number of H-pyrrole nitrogens is 1. The van der Waals surface area contributed by atoms with Gasteiger partial charge in [0.15, 0.2) is 5.16 Å². The maximum absolute atomic E-state index is 12.2. The minimum Gasteiger partial charge on any atom is -0.352 e. The Bertz CT molecular complexity index is 1040. The van der Waals surface area contributed by atoms with Gasteiger partial charge in [-0.1, -0.05) is 65.3 Å². The van der Waals surface area contributed by atoms with Gasteiger partial charge in [-0.25, -0.2) is 4.98 Å². The first-order valence-electron chi connectivity index (χ1n) is 8.47. The van der Waals surface area contributed by atoms with Crippen LogP contribution < -0.4 is 10.9 Å². The molecule has 0 atom stereocenters. The number of amides is 1. The van der Waals surface area contributed by atoms with Gasteiger partial charge in [-0.3, -0.25) is 9.59 Å². The molecule has 2 N–H and O–H groups in total. The molecule has 2 aromatic carbocycles. The highest BCUT2D eigenvalue weighted by atomic mass is 35.5. The molecule has 144 valence electrons. The molecule has 0 unspecified atom stereocenters. The van der Waals surface area contributed by atoms with Crippen LogP contribution >= 0.6 is 35.0 Å². The fourth-order valence-electron chi connectivity index (χ4n) is 2.48. The van der Waals surface area contributed by atoms with Crippen LogP contribution in [0.1, 0.15) is 16.8 Å². The highest BCUT2D eigenvalue weighted by molar-refractivity contribution is 7.98. The van der Waals surface area contributed by atoms with Gasteiger partial charge in [0.25, 0.3) is 5.56 Å². The van der Waals surface area contributed by atoms with Crippen LogP contribution in [0.3, 0.4) is 0 Å². The molecule has 5 nitrogen and oxygen atoms in total.